The van der Waals surface area contributed by atoms with E-state index in [1.54, 1.807) is 18.1 Å². The van der Waals surface area contributed by atoms with Gasteiger partial charge in [-0.15, -0.1) is 0 Å². The summed E-state index contributed by atoms with van der Waals surface area (Å²) in [6.45, 7) is 11.5. The number of nitrogens with zero attached hydrogens (tertiary/aromatic N) is 5. The Morgan fingerprint density at radius 2 is 2.03 bits per heavy atom. The van der Waals surface area contributed by atoms with E-state index in [4.69, 9.17) is 9.47 Å². The molecular formula is C25H36N6O4. The van der Waals surface area contributed by atoms with Crippen LogP contribution in [0.1, 0.15) is 45.0 Å². The van der Waals surface area contributed by atoms with Crippen molar-refractivity contribution in [2.45, 2.75) is 46.3 Å². The number of amides is 2. The van der Waals surface area contributed by atoms with Crippen molar-refractivity contribution in [1.29, 1.82) is 0 Å². The summed E-state index contributed by atoms with van der Waals surface area (Å²) >= 11 is 0. The maximum absolute atomic E-state index is 13.4. The van der Waals surface area contributed by atoms with Gasteiger partial charge in [0, 0.05) is 51.7 Å². The molecule has 2 heterocycles. The molecule has 0 saturated carbocycles. The lowest BCUT2D eigenvalue weighted by atomic mass is 10.2. The molecule has 2 amide bonds. The van der Waals surface area contributed by atoms with Crippen molar-refractivity contribution in [1.82, 2.24) is 14.9 Å². The summed E-state index contributed by atoms with van der Waals surface area (Å²) in [5.41, 5.74) is 0.609. The number of carbonyl (C=O) groups excluding carboxylic acids is 2. The molecule has 1 unspecified atom stereocenters. The van der Waals surface area contributed by atoms with Gasteiger partial charge >= 0.3 is 6.09 Å². The fraction of sp³-hybridized carbons (Fsp3) is 0.520. The number of likely N-dealkylation sites (N-methyl/N-ethyl adjacent to an activating group) is 2. The van der Waals surface area contributed by atoms with Crippen molar-refractivity contribution >= 4 is 29.5 Å². The molecule has 35 heavy (non-hydrogen) atoms. The van der Waals surface area contributed by atoms with Crippen molar-refractivity contribution in [2.24, 2.45) is 0 Å². The Balaban J connectivity index is 1.73. The maximum atomic E-state index is 13.4. The van der Waals surface area contributed by atoms with Gasteiger partial charge < -0.3 is 29.5 Å². The van der Waals surface area contributed by atoms with Crippen molar-refractivity contribution < 1.29 is 19.1 Å². The van der Waals surface area contributed by atoms with Crippen LogP contribution in [-0.2, 0) is 4.74 Å². The zero-order valence-electron chi connectivity index (χ0n) is 21.7. The van der Waals surface area contributed by atoms with E-state index in [-0.39, 0.29) is 12.0 Å². The summed E-state index contributed by atoms with van der Waals surface area (Å²) in [5, 5.41) is 3.09. The van der Waals surface area contributed by atoms with Gasteiger partial charge in [0.05, 0.1) is 6.54 Å². The average Bonchev–Trinajstić information content (AvgIpc) is 2.89. The smallest absolute Gasteiger partial charge is 0.410 e. The summed E-state index contributed by atoms with van der Waals surface area (Å²) in [5.74, 6) is 1.55. The minimum absolute atomic E-state index is 0.165. The van der Waals surface area contributed by atoms with E-state index in [0.29, 0.717) is 49.3 Å². The molecule has 0 saturated heterocycles. The largest absolute Gasteiger partial charge is 0.489 e. The number of hydrogen-bond acceptors (Lipinski definition) is 8. The predicted molar refractivity (Wildman–Crippen MR) is 137 cm³/mol. The highest BCUT2D eigenvalue weighted by atomic mass is 16.6. The van der Waals surface area contributed by atoms with Gasteiger partial charge in [0.2, 0.25) is 5.95 Å². The normalized spacial score (nSPS) is 14.7. The van der Waals surface area contributed by atoms with E-state index in [9.17, 15) is 9.59 Å². The molecule has 1 aromatic carbocycles. The first kappa shape index (κ1) is 26.1. The van der Waals surface area contributed by atoms with Gasteiger partial charge in [-0.3, -0.25) is 4.79 Å². The van der Waals surface area contributed by atoms with Crippen molar-refractivity contribution in [3.05, 3.63) is 36.0 Å². The maximum Gasteiger partial charge on any atom is 0.410 e. The molecular weight excluding hydrogens is 448 g/mol. The van der Waals surface area contributed by atoms with Gasteiger partial charge in [0.1, 0.15) is 28.8 Å². The number of anilines is 3. The van der Waals surface area contributed by atoms with Gasteiger partial charge in [0.25, 0.3) is 5.91 Å². The SMILES string of the molecule is CCNc1ncc2c(n1)N(C)CCN(c1cccc(OC(C)CN(C)C(=O)OC(C)(C)C)c1)C2=O. The summed E-state index contributed by atoms with van der Waals surface area (Å²) in [4.78, 5) is 39.7. The van der Waals surface area contributed by atoms with Crippen LogP contribution in [0.4, 0.5) is 22.2 Å². The molecule has 1 aliphatic heterocycles. The summed E-state index contributed by atoms with van der Waals surface area (Å²) in [6.07, 6.45) is 0.887. The predicted octanol–water partition coefficient (Wildman–Crippen LogP) is 3.64. The molecule has 1 atom stereocenters. The lowest BCUT2D eigenvalue weighted by Crippen LogP contribution is -2.39. The van der Waals surface area contributed by atoms with E-state index < -0.39 is 11.7 Å². The molecule has 0 bridgehead atoms. The van der Waals surface area contributed by atoms with Gasteiger partial charge in [0.15, 0.2) is 0 Å². The van der Waals surface area contributed by atoms with Crippen molar-refractivity contribution in [3.8, 4) is 5.75 Å². The second-order valence-electron chi connectivity index (χ2n) is 9.63. The Kier molecular flexibility index (Phi) is 8.03. The molecule has 3 rings (SSSR count). The fourth-order valence-electron chi connectivity index (χ4n) is 3.70. The van der Waals surface area contributed by atoms with Gasteiger partial charge in [-0.05, 0) is 46.8 Å². The third-order valence-electron chi connectivity index (χ3n) is 5.30. The van der Waals surface area contributed by atoms with Crippen LogP contribution in [0.25, 0.3) is 0 Å². The van der Waals surface area contributed by atoms with Gasteiger partial charge in [-0.25, -0.2) is 9.78 Å². The molecule has 1 N–H and O–H groups in total. The van der Waals surface area contributed by atoms with Crippen molar-refractivity contribution in [3.63, 3.8) is 0 Å². The summed E-state index contributed by atoms with van der Waals surface area (Å²) < 4.78 is 11.5. The highest BCUT2D eigenvalue weighted by Crippen LogP contribution is 2.28. The second kappa shape index (κ2) is 10.8. The van der Waals surface area contributed by atoms with E-state index >= 15 is 0 Å². The number of benzene rings is 1. The average molecular weight is 485 g/mol. The molecule has 0 fully saturated rings. The Morgan fingerprint density at radius 1 is 1.29 bits per heavy atom. The molecule has 1 aromatic heterocycles. The molecule has 1 aliphatic rings. The first-order chi connectivity index (χ1) is 16.5. The molecule has 0 spiro atoms. The van der Waals surface area contributed by atoms with Crippen LogP contribution in [0.3, 0.4) is 0 Å². The van der Waals surface area contributed by atoms with Crippen LogP contribution >= 0.6 is 0 Å². The van der Waals surface area contributed by atoms with E-state index in [1.807, 2.05) is 70.8 Å². The molecule has 190 valence electrons. The monoisotopic (exact) mass is 484 g/mol. The van der Waals surface area contributed by atoms with Crippen LogP contribution in [0, 0.1) is 0 Å². The first-order valence-electron chi connectivity index (χ1n) is 11.8. The number of carbonyl (C=O) groups is 2. The van der Waals surface area contributed by atoms with Crippen LogP contribution < -0.4 is 19.9 Å². The van der Waals surface area contributed by atoms with E-state index in [0.717, 1.165) is 5.69 Å². The number of fused-ring (bicyclic) bond motifs is 1. The standard InChI is InChI=1S/C25H36N6O4/c1-8-26-23-27-15-20-21(28-23)29(6)12-13-31(22(20)32)18-10-9-11-19(14-18)34-17(2)16-30(7)24(33)35-25(3,4)5/h9-11,14-15,17H,8,12-13,16H2,1-7H3,(H,26,27,28). The second-order valence-corrected chi connectivity index (χ2v) is 9.63. The lowest BCUT2D eigenvalue weighted by Gasteiger charge is -2.27. The van der Waals surface area contributed by atoms with Crippen LogP contribution in [0.2, 0.25) is 0 Å². The number of nitrogens with one attached hydrogen (secondary N) is 1. The van der Waals surface area contributed by atoms with Crippen LogP contribution in [-0.4, -0.2) is 78.8 Å². The minimum Gasteiger partial charge on any atom is -0.489 e. The zero-order chi connectivity index (χ0) is 25.8. The molecule has 10 heteroatoms. The van der Waals surface area contributed by atoms with Gasteiger partial charge in [-0.1, -0.05) is 6.07 Å². The highest BCUT2D eigenvalue weighted by molar-refractivity contribution is 6.09. The Bertz CT molecular complexity index is 1050. The number of hydrogen-bond donors (Lipinski definition) is 1. The van der Waals surface area contributed by atoms with E-state index in [2.05, 4.69) is 15.3 Å². The Morgan fingerprint density at radius 3 is 2.71 bits per heavy atom. The number of ether oxygens (including phenoxy) is 2. The highest BCUT2D eigenvalue weighted by Gasteiger charge is 2.28. The lowest BCUT2D eigenvalue weighted by molar-refractivity contribution is 0.0237. The van der Waals surface area contributed by atoms with Crippen LogP contribution in [0.5, 0.6) is 5.75 Å². The summed E-state index contributed by atoms with van der Waals surface area (Å²) in [6, 6.07) is 7.39. The zero-order valence-corrected chi connectivity index (χ0v) is 21.7. The minimum atomic E-state index is -0.560. The van der Waals surface area contributed by atoms with Crippen molar-refractivity contribution in [2.75, 3.05) is 55.4 Å². The fourth-order valence-corrected chi connectivity index (χ4v) is 3.70. The quantitative estimate of drug-likeness (QED) is 0.636. The summed E-state index contributed by atoms with van der Waals surface area (Å²) in [7, 11) is 3.60. The number of rotatable bonds is 7. The Labute approximate surface area is 207 Å². The molecule has 0 radical (unpaired) electrons. The molecule has 10 nitrogen and oxygen atoms in total. The first-order valence-corrected chi connectivity index (χ1v) is 11.8. The van der Waals surface area contributed by atoms with Crippen LogP contribution in [0.15, 0.2) is 30.5 Å². The third kappa shape index (κ3) is 6.74. The topological polar surface area (TPSA) is 100 Å². The van der Waals surface area contributed by atoms with Gasteiger partial charge in [-0.2, -0.15) is 4.98 Å². The Hall–Kier alpha value is -3.56. The van der Waals surface area contributed by atoms with E-state index in [1.165, 1.54) is 4.90 Å². The molecule has 2 aromatic rings. The number of aromatic nitrogens is 2. The third-order valence-corrected chi connectivity index (χ3v) is 5.30. The molecule has 0 aliphatic carbocycles.